The fraction of sp³-hybridized carbons (Fsp3) is 0. The van der Waals surface area contributed by atoms with Crippen LogP contribution in [-0.2, 0) is 0 Å². The molecule has 70 valence electrons. The van der Waals surface area contributed by atoms with Gasteiger partial charge < -0.3 is 4.40 Å². The highest BCUT2D eigenvalue weighted by atomic mass is 14.9. The van der Waals surface area contributed by atoms with Crippen LogP contribution >= 0.6 is 0 Å². The minimum absolute atomic E-state index is 1.28. The molecule has 4 rings (SSSR count). The number of fused-ring (bicyclic) bond motifs is 3. The van der Waals surface area contributed by atoms with Gasteiger partial charge in [0, 0.05) is 16.3 Å². The molecule has 0 unspecified atom stereocenters. The molecule has 0 aliphatic rings. The zero-order valence-corrected chi connectivity index (χ0v) is 8.14. The Kier molecular flexibility index (Phi) is 1.13. The summed E-state index contributed by atoms with van der Waals surface area (Å²) in [7, 11) is 0. The lowest BCUT2D eigenvalue weighted by atomic mass is 10.2. The highest BCUT2D eigenvalue weighted by molar-refractivity contribution is 6.09. The Morgan fingerprint density at radius 3 is 2.13 bits per heavy atom. The largest absolute Gasteiger partial charge is 0.309 e. The summed E-state index contributed by atoms with van der Waals surface area (Å²) in [6.07, 6.45) is 0. The van der Waals surface area contributed by atoms with E-state index in [-0.39, 0.29) is 0 Å². The van der Waals surface area contributed by atoms with Gasteiger partial charge in [-0.1, -0.05) is 30.3 Å². The average Bonchev–Trinajstić information content (AvgIpc) is 2.85. The SMILES string of the molecule is c1ccc2c(c1)c1cccc3ccc2n31. The number of nitrogens with zero attached hydrogens (tertiary/aromatic N) is 1. The third-order valence-electron chi connectivity index (χ3n) is 3.15. The summed E-state index contributed by atoms with van der Waals surface area (Å²) in [6, 6.07) is 19.4. The smallest absolute Gasteiger partial charge is 0.0541 e. The van der Waals surface area contributed by atoms with Crippen LogP contribution in [0.4, 0.5) is 0 Å². The fourth-order valence-electron chi connectivity index (χ4n) is 2.51. The molecule has 0 spiro atoms. The zero-order valence-electron chi connectivity index (χ0n) is 8.14. The predicted molar refractivity (Wildman–Crippen MR) is 63.6 cm³/mol. The average molecular weight is 191 g/mol. The Morgan fingerprint density at radius 1 is 0.600 bits per heavy atom. The number of rotatable bonds is 0. The summed E-state index contributed by atoms with van der Waals surface area (Å²) in [6.45, 7) is 0. The Morgan fingerprint density at radius 2 is 1.33 bits per heavy atom. The van der Waals surface area contributed by atoms with E-state index in [9.17, 15) is 0 Å². The Bertz CT molecular complexity index is 742. The van der Waals surface area contributed by atoms with E-state index in [0.29, 0.717) is 0 Å². The molecule has 0 saturated carbocycles. The highest BCUT2D eigenvalue weighted by Crippen LogP contribution is 2.30. The molecular formula is C14H9N. The van der Waals surface area contributed by atoms with Gasteiger partial charge in [0.15, 0.2) is 0 Å². The molecule has 0 bridgehead atoms. The summed E-state index contributed by atoms with van der Waals surface area (Å²) in [5.41, 5.74) is 3.90. The van der Waals surface area contributed by atoms with Crippen molar-refractivity contribution in [2.24, 2.45) is 0 Å². The van der Waals surface area contributed by atoms with Crippen molar-refractivity contribution < 1.29 is 0 Å². The summed E-state index contributed by atoms with van der Waals surface area (Å²) in [4.78, 5) is 0. The van der Waals surface area contributed by atoms with Crippen LogP contribution in [-0.4, -0.2) is 4.40 Å². The molecule has 0 amide bonds. The summed E-state index contributed by atoms with van der Waals surface area (Å²) >= 11 is 0. The Labute approximate surface area is 86.9 Å². The molecule has 3 heterocycles. The van der Waals surface area contributed by atoms with Crippen LogP contribution in [0.15, 0.2) is 54.6 Å². The maximum Gasteiger partial charge on any atom is 0.0541 e. The molecule has 0 radical (unpaired) electrons. The number of pyridine rings is 1. The normalized spacial score (nSPS) is 12.0. The third-order valence-corrected chi connectivity index (χ3v) is 3.15. The molecule has 1 heteroatoms. The minimum Gasteiger partial charge on any atom is -0.309 e. The predicted octanol–water partition coefficient (Wildman–Crippen LogP) is 3.68. The van der Waals surface area contributed by atoms with Crippen molar-refractivity contribution >= 4 is 27.3 Å². The van der Waals surface area contributed by atoms with Gasteiger partial charge in [0.05, 0.1) is 11.0 Å². The van der Waals surface area contributed by atoms with Crippen molar-refractivity contribution in [2.45, 2.75) is 0 Å². The monoisotopic (exact) mass is 191 g/mol. The fourth-order valence-corrected chi connectivity index (χ4v) is 2.51. The van der Waals surface area contributed by atoms with E-state index >= 15 is 0 Å². The first-order valence-corrected chi connectivity index (χ1v) is 5.15. The number of hydrogen-bond donors (Lipinski definition) is 0. The van der Waals surface area contributed by atoms with E-state index in [1.54, 1.807) is 0 Å². The van der Waals surface area contributed by atoms with Gasteiger partial charge in [-0.05, 0) is 24.3 Å². The van der Waals surface area contributed by atoms with Crippen LogP contribution in [0.5, 0.6) is 0 Å². The van der Waals surface area contributed by atoms with Crippen molar-refractivity contribution in [3.05, 3.63) is 54.6 Å². The van der Waals surface area contributed by atoms with Crippen LogP contribution in [0.2, 0.25) is 0 Å². The quantitative estimate of drug-likeness (QED) is 0.399. The second-order valence-electron chi connectivity index (χ2n) is 3.94. The molecule has 0 atom stereocenters. The van der Waals surface area contributed by atoms with Crippen LogP contribution in [0.3, 0.4) is 0 Å². The maximum absolute atomic E-state index is 2.32. The lowest BCUT2D eigenvalue weighted by Crippen LogP contribution is -1.78. The second kappa shape index (κ2) is 2.31. The first-order valence-electron chi connectivity index (χ1n) is 5.15. The van der Waals surface area contributed by atoms with E-state index in [2.05, 4.69) is 59.0 Å². The van der Waals surface area contributed by atoms with Crippen LogP contribution in [0.1, 0.15) is 0 Å². The molecule has 0 aliphatic heterocycles. The minimum atomic E-state index is 1.28. The number of benzene rings is 1. The van der Waals surface area contributed by atoms with Crippen molar-refractivity contribution in [1.82, 2.24) is 4.40 Å². The molecule has 0 fully saturated rings. The third kappa shape index (κ3) is 0.747. The van der Waals surface area contributed by atoms with Crippen LogP contribution in [0.25, 0.3) is 27.3 Å². The number of hydrogen-bond acceptors (Lipinski definition) is 0. The molecule has 0 N–H and O–H groups in total. The van der Waals surface area contributed by atoms with Crippen molar-refractivity contribution in [3.8, 4) is 0 Å². The van der Waals surface area contributed by atoms with E-state index in [1.807, 2.05) is 0 Å². The Hall–Kier alpha value is -2.02. The van der Waals surface area contributed by atoms with Crippen LogP contribution in [0, 0.1) is 0 Å². The van der Waals surface area contributed by atoms with Gasteiger partial charge in [-0.2, -0.15) is 0 Å². The molecule has 4 aromatic rings. The topological polar surface area (TPSA) is 4.41 Å². The van der Waals surface area contributed by atoms with Gasteiger partial charge in [-0.25, -0.2) is 0 Å². The maximum atomic E-state index is 2.32. The molecule has 0 aliphatic carbocycles. The molecule has 3 aromatic heterocycles. The van der Waals surface area contributed by atoms with Crippen molar-refractivity contribution in [2.75, 3.05) is 0 Å². The standard InChI is InChI=1S/C14H9N/c1-2-6-12-11(5-1)13-7-3-4-10-8-9-14(12)15(10)13/h1-9H. The van der Waals surface area contributed by atoms with Crippen molar-refractivity contribution in [3.63, 3.8) is 0 Å². The van der Waals surface area contributed by atoms with Gasteiger partial charge >= 0.3 is 0 Å². The lowest BCUT2D eigenvalue weighted by Gasteiger charge is -1.94. The van der Waals surface area contributed by atoms with Crippen LogP contribution < -0.4 is 0 Å². The van der Waals surface area contributed by atoms with Gasteiger partial charge in [0.2, 0.25) is 0 Å². The first kappa shape index (κ1) is 7.30. The molecular weight excluding hydrogens is 182 g/mol. The van der Waals surface area contributed by atoms with E-state index in [4.69, 9.17) is 0 Å². The Balaban J connectivity index is 2.53. The van der Waals surface area contributed by atoms with E-state index in [0.717, 1.165) is 0 Å². The van der Waals surface area contributed by atoms with E-state index in [1.165, 1.54) is 27.3 Å². The highest BCUT2D eigenvalue weighted by Gasteiger charge is 2.09. The van der Waals surface area contributed by atoms with Gasteiger partial charge in [-0.15, -0.1) is 0 Å². The summed E-state index contributed by atoms with van der Waals surface area (Å²) in [5, 5.41) is 2.69. The summed E-state index contributed by atoms with van der Waals surface area (Å²) < 4.78 is 2.32. The molecule has 1 aromatic carbocycles. The molecule has 15 heavy (non-hydrogen) atoms. The molecule has 1 nitrogen and oxygen atoms in total. The van der Waals surface area contributed by atoms with E-state index < -0.39 is 0 Å². The van der Waals surface area contributed by atoms with Gasteiger partial charge in [0.25, 0.3) is 0 Å². The van der Waals surface area contributed by atoms with Crippen molar-refractivity contribution in [1.29, 1.82) is 0 Å². The summed E-state index contributed by atoms with van der Waals surface area (Å²) in [5.74, 6) is 0. The second-order valence-corrected chi connectivity index (χ2v) is 3.94. The number of aromatic nitrogens is 1. The lowest BCUT2D eigenvalue weighted by molar-refractivity contribution is 1.36. The molecule has 0 saturated heterocycles. The van der Waals surface area contributed by atoms with Gasteiger partial charge in [-0.3, -0.25) is 0 Å². The first-order chi connectivity index (χ1) is 7.45. The van der Waals surface area contributed by atoms with Gasteiger partial charge in [0.1, 0.15) is 0 Å². The zero-order chi connectivity index (χ0) is 9.83.